The number of carbonyl (C=O) groups excluding carboxylic acids is 1. The highest BCUT2D eigenvalue weighted by molar-refractivity contribution is 5.99. The molecule has 20 heavy (non-hydrogen) atoms. The van der Waals surface area contributed by atoms with Crippen LogP contribution in [0.2, 0.25) is 0 Å². The highest BCUT2D eigenvalue weighted by Gasteiger charge is 2.26. The molecule has 1 atom stereocenters. The van der Waals surface area contributed by atoms with Gasteiger partial charge in [-0.3, -0.25) is 4.79 Å². The lowest BCUT2D eigenvalue weighted by atomic mass is 10.0. The van der Waals surface area contributed by atoms with Crippen molar-refractivity contribution in [3.8, 4) is 0 Å². The highest BCUT2D eigenvalue weighted by Crippen LogP contribution is 2.24. The Morgan fingerprint density at radius 3 is 2.75 bits per heavy atom. The summed E-state index contributed by atoms with van der Waals surface area (Å²) >= 11 is 0. The molecular formula is C15H16FNO3. The van der Waals surface area contributed by atoms with E-state index in [1.807, 2.05) is 0 Å². The van der Waals surface area contributed by atoms with E-state index in [4.69, 9.17) is 4.42 Å². The number of furan rings is 1. The van der Waals surface area contributed by atoms with Crippen LogP contribution in [-0.4, -0.2) is 17.4 Å². The predicted octanol–water partition coefficient (Wildman–Crippen LogP) is 2.94. The zero-order chi connectivity index (χ0) is 14.8. The van der Waals surface area contributed by atoms with Crippen LogP contribution in [0.25, 0.3) is 0 Å². The Kier molecular flexibility index (Phi) is 3.90. The molecule has 1 aromatic heterocycles. The standard InChI is InChI=1S/C15H16FNO3/c1-10(18)14-11(16)5-3-6-12(14)17-9-15(2,19)13-7-4-8-20-13/h3-8,17,19H,9H2,1-2H3. The number of Topliss-reactive ketones (excluding diaryl/α,β-unsaturated/α-hetero) is 1. The van der Waals surface area contributed by atoms with Crippen LogP contribution in [0.4, 0.5) is 10.1 Å². The summed E-state index contributed by atoms with van der Waals surface area (Å²) < 4.78 is 18.8. The van der Waals surface area contributed by atoms with Gasteiger partial charge in [0.05, 0.1) is 18.4 Å². The fraction of sp³-hybridized carbons (Fsp3) is 0.267. The molecule has 1 unspecified atom stereocenters. The monoisotopic (exact) mass is 277 g/mol. The number of rotatable bonds is 5. The molecule has 0 amide bonds. The van der Waals surface area contributed by atoms with Crippen molar-refractivity contribution in [1.29, 1.82) is 0 Å². The van der Waals surface area contributed by atoms with E-state index in [1.165, 1.54) is 25.3 Å². The Bertz CT molecular complexity index is 606. The Balaban J connectivity index is 2.20. The summed E-state index contributed by atoms with van der Waals surface area (Å²) in [5, 5.41) is 13.2. The van der Waals surface area contributed by atoms with Crippen LogP contribution in [0.5, 0.6) is 0 Å². The number of benzene rings is 1. The molecule has 2 aromatic rings. The summed E-state index contributed by atoms with van der Waals surface area (Å²) in [6.45, 7) is 2.96. The van der Waals surface area contributed by atoms with Gasteiger partial charge in [-0.15, -0.1) is 0 Å². The van der Waals surface area contributed by atoms with E-state index in [-0.39, 0.29) is 17.9 Å². The molecule has 4 nitrogen and oxygen atoms in total. The van der Waals surface area contributed by atoms with Gasteiger partial charge < -0.3 is 14.8 Å². The number of anilines is 1. The van der Waals surface area contributed by atoms with E-state index in [2.05, 4.69) is 5.32 Å². The van der Waals surface area contributed by atoms with Crippen LogP contribution in [0.3, 0.4) is 0 Å². The molecule has 5 heteroatoms. The minimum Gasteiger partial charge on any atom is -0.466 e. The number of carbonyl (C=O) groups is 1. The Morgan fingerprint density at radius 1 is 1.40 bits per heavy atom. The van der Waals surface area contributed by atoms with Crippen LogP contribution in [0, 0.1) is 5.82 Å². The number of hydrogen-bond donors (Lipinski definition) is 2. The molecule has 2 N–H and O–H groups in total. The first-order valence-electron chi connectivity index (χ1n) is 6.21. The van der Waals surface area contributed by atoms with Crippen molar-refractivity contribution in [2.75, 3.05) is 11.9 Å². The Morgan fingerprint density at radius 2 is 2.15 bits per heavy atom. The summed E-state index contributed by atoms with van der Waals surface area (Å²) in [7, 11) is 0. The smallest absolute Gasteiger partial charge is 0.164 e. The summed E-state index contributed by atoms with van der Waals surface area (Å²) in [6, 6.07) is 7.66. The number of hydrogen-bond acceptors (Lipinski definition) is 4. The van der Waals surface area contributed by atoms with Gasteiger partial charge in [0.25, 0.3) is 0 Å². The van der Waals surface area contributed by atoms with Crippen LogP contribution in [-0.2, 0) is 5.60 Å². The second kappa shape index (κ2) is 5.46. The van der Waals surface area contributed by atoms with Crippen molar-refractivity contribution in [2.24, 2.45) is 0 Å². The van der Waals surface area contributed by atoms with Gasteiger partial charge in [0, 0.05) is 5.69 Å². The highest BCUT2D eigenvalue weighted by atomic mass is 19.1. The SMILES string of the molecule is CC(=O)c1c(F)cccc1NCC(C)(O)c1ccco1. The van der Waals surface area contributed by atoms with E-state index in [1.54, 1.807) is 25.1 Å². The third-order valence-electron chi connectivity index (χ3n) is 3.04. The maximum Gasteiger partial charge on any atom is 0.164 e. The van der Waals surface area contributed by atoms with Crippen molar-refractivity contribution >= 4 is 11.5 Å². The zero-order valence-electron chi connectivity index (χ0n) is 11.3. The summed E-state index contributed by atoms with van der Waals surface area (Å²) in [5.74, 6) is -0.561. The number of ketones is 1. The van der Waals surface area contributed by atoms with Gasteiger partial charge in [-0.2, -0.15) is 0 Å². The van der Waals surface area contributed by atoms with Gasteiger partial charge in [0.1, 0.15) is 17.2 Å². The predicted molar refractivity (Wildman–Crippen MR) is 73.2 cm³/mol. The van der Waals surface area contributed by atoms with Crippen LogP contribution >= 0.6 is 0 Å². The van der Waals surface area contributed by atoms with Crippen molar-refractivity contribution in [3.05, 3.63) is 53.7 Å². The maximum absolute atomic E-state index is 13.7. The van der Waals surface area contributed by atoms with Gasteiger partial charge >= 0.3 is 0 Å². The van der Waals surface area contributed by atoms with E-state index in [0.717, 1.165) is 0 Å². The largest absolute Gasteiger partial charge is 0.466 e. The first-order chi connectivity index (χ1) is 9.42. The molecule has 106 valence electrons. The number of aliphatic hydroxyl groups is 1. The second-order valence-electron chi connectivity index (χ2n) is 4.82. The molecule has 0 aliphatic rings. The molecule has 1 heterocycles. The topological polar surface area (TPSA) is 62.5 Å². The average Bonchev–Trinajstić information content (AvgIpc) is 2.90. The number of halogens is 1. The van der Waals surface area contributed by atoms with Crippen LogP contribution < -0.4 is 5.32 Å². The van der Waals surface area contributed by atoms with Crippen molar-refractivity contribution in [1.82, 2.24) is 0 Å². The maximum atomic E-state index is 13.7. The first-order valence-corrected chi connectivity index (χ1v) is 6.21. The van der Waals surface area contributed by atoms with Crippen molar-refractivity contribution in [3.63, 3.8) is 0 Å². The van der Waals surface area contributed by atoms with E-state index in [0.29, 0.717) is 11.4 Å². The fourth-order valence-electron chi connectivity index (χ4n) is 1.97. The minimum atomic E-state index is -1.26. The molecular weight excluding hydrogens is 261 g/mol. The molecule has 0 bridgehead atoms. The van der Waals surface area contributed by atoms with Gasteiger partial charge in [-0.1, -0.05) is 6.07 Å². The van der Waals surface area contributed by atoms with Crippen molar-refractivity contribution in [2.45, 2.75) is 19.4 Å². The Labute approximate surface area is 116 Å². The van der Waals surface area contributed by atoms with Crippen molar-refractivity contribution < 1.29 is 18.7 Å². The van der Waals surface area contributed by atoms with Gasteiger partial charge in [-0.05, 0) is 38.1 Å². The van der Waals surface area contributed by atoms with E-state index < -0.39 is 11.4 Å². The summed E-state index contributed by atoms with van der Waals surface area (Å²) in [5.41, 5.74) is -0.920. The molecule has 0 spiro atoms. The third-order valence-corrected chi connectivity index (χ3v) is 3.04. The zero-order valence-corrected chi connectivity index (χ0v) is 11.3. The molecule has 2 rings (SSSR count). The fourth-order valence-corrected chi connectivity index (χ4v) is 1.97. The van der Waals surface area contributed by atoms with Gasteiger partial charge in [0.15, 0.2) is 5.78 Å². The summed E-state index contributed by atoms with van der Waals surface area (Å²) in [6.07, 6.45) is 1.47. The molecule has 0 saturated heterocycles. The molecule has 0 aliphatic carbocycles. The van der Waals surface area contributed by atoms with Gasteiger partial charge in [-0.25, -0.2) is 4.39 Å². The molecule has 0 saturated carbocycles. The lowest BCUT2D eigenvalue weighted by Crippen LogP contribution is -2.30. The average molecular weight is 277 g/mol. The first kappa shape index (κ1) is 14.3. The minimum absolute atomic E-state index is 0.0113. The lowest BCUT2D eigenvalue weighted by Gasteiger charge is -2.22. The van der Waals surface area contributed by atoms with E-state index in [9.17, 15) is 14.3 Å². The summed E-state index contributed by atoms with van der Waals surface area (Å²) in [4.78, 5) is 11.5. The molecule has 1 aromatic carbocycles. The second-order valence-corrected chi connectivity index (χ2v) is 4.82. The molecule has 0 fully saturated rings. The molecule has 0 radical (unpaired) electrons. The normalized spacial score (nSPS) is 13.8. The Hall–Kier alpha value is -2.14. The number of nitrogens with one attached hydrogen (secondary N) is 1. The lowest BCUT2D eigenvalue weighted by molar-refractivity contribution is 0.0476. The van der Waals surface area contributed by atoms with Crippen LogP contribution in [0.15, 0.2) is 41.0 Å². The third kappa shape index (κ3) is 2.88. The van der Waals surface area contributed by atoms with Crippen LogP contribution in [0.1, 0.15) is 30.0 Å². The van der Waals surface area contributed by atoms with Gasteiger partial charge in [0.2, 0.25) is 0 Å². The molecule has 0 aliphatic heterocycles. The quantitative estimate of drug-likeness (QED) is 0.825. The van der Waals surface area contributed by atoms with E-state index >= 15 is 0 Å².